The lowest BCUT2D eigenvalue weighted by molar-refractivity contribution is 0.403. The summed E-state index contributed by atoms with van der Waals surface area (Å²) in [5, 5.41) is 1.54. The second kappa shape index (κ2) is 8.92. The van der Waals surface area contributed by atoms with Gasteiger partial charge in [-0.1, -0.05) is 26.0 Å². The van der Waals surface area contributed by atoms with Gasteiger partial charge in [-0.2, -0.15) is 0 Å². The number of ether oxygens (including phenoxy) is 2. The normalized spacial score (nSPS) is 13.1. The van der Waals surface area contributed by atoms with Crippen molar-refractivity contribution in [2.75, 3.05) is 19.2 Å². The summed E-state index contributed by atoms with van der Waals surface area (Å²) in [6.45, 7) is 5.94. The van der Waals surface area contributed by atoms with E-state index in [1.807, 2.05) is 24.3 Å². The van der Waals surface area contributed by atoms with Crippen LogP contribution < -0.4 is 26.1 Å². The minimum atomic E-state index is -1.53. The fourth-order valence-electron chi connectivity index (χ4n) is 2.52. The standard InChI is InChI=1S/C20H27N3O3S/c1-13(2)15-6-9-17(10-7-15)27(24)20(21)14(3)23(22)18-12-16(25-4)8-11-19(18)26-5/h6-13H,21-22H2,1-5H3/b20-14+. The first-order valence-corrected chi connectivity index (χ1v) is 9.70. The molecule has 146 valence electrons. The molecule has 7 heteroatoms. The van der Waals surface area contributed by atoms with Gasteiger partial charge in [-0.05, 0) is 42.7 Å². The summed E-state index contributed by atoms with van der Waals surface area (Å²) in [5.74, 6) is 7.83. The van der Waals surface area contributed by atoms with Crippen molar-refractivity contribution < 1.29 is 13.7 Å². The van der Waals surface area contributed by atoms with Gasteiger partial charge in [0.25, 0.3) is 0 Å². The summed E-state index contributed by atoms with van der Waals surface area (Å²) in [6, 6.07) is 12.8. The largest absolute Gasteiger partial charge is 0.497 e. The molecule has 0 amide bonds. The number of benzene rings is 2. The van der Waals surface area contributed by atoms with E-state index in [2.05, 4.69) is 13.8 Å². The summed E-state index contributed by atoms with van der Waals surface area (Å²) < 4.78 is 23.5. The molecule has 0 aliphatic carbocycles. The second-order valence-corrected chi connectivity index (χ2v) is 7.80. The van der Waals surface area contributed by atoms with Gasteiger partial charge in [0.2, 0.25) is 0 Å². The predicted molar refractivity (Wildman–Crippen MR) is 110 cm³/mol. The first kappa shape index (κ1) is 20.8. The van der Waals surface area contributed by atoms with Gasteiger partial charge in [-0.3, -0.25) is 5.01 Å². The van der Waals surface area contributed by atoms with Crippen molar-refractivity contribution in [3.8, 4) is 11.5 Å². The van der Waals surface area contributed by atoms with Gasteiger partial charge in [-0.15, -0.1) is 0 Å². The summed E-state index contributed by atoms with van der Waals surface area (Å²) in [7, 11) is 1.59. The highest BCUT2D eigenvalue weighted by atomic mass is 32.2. The van der Waals surface area contributed by atoms with Gasteiger partial charge in [0.1, 0.15) is 33.0 Å². The number of nitrogens with two attached hydrogens (primary N) is 2. The van der Waals surface area contributed by atoms with Crippen LogP contribution in [0.1, 0.15) is 32.3 Å². The zero-order chi connectivity index (χ0) is 20.1. The Labute approximate surface area is 163 Å². The van der Waals surface area contributed by atoms with Crippen LogP contribution in [-0.2, 0) is 10.8 Å². The Morgan fingerprint density at radius 3 is 2.22 bits per heavy atom. The van der Waals surface area contributed by atoms with Crippen molar-refractivity contribution in [3.63, 3.8) is 0 Å². The Balaban J connectivity index is 2.36. The molecule has 2 aromatic carbocycles. The summed E-state index contributed by atoms with van der Waals surface area (Å²) >= 11 is 0. The average molecular weight is 390 g/mol. The summed E-state index contributed by atoms with van der Waals surface area (Å²) in [4.78, 5) is 0.627. The lowest BCUT2D eigenvalue weighted by Crippen LogP contribution is -2.32. The Bertz CT molecular complexity index is 848. The van der Waals surface area contributed by atoms with E-state index in [0.717, 1.165) is 0 Å². The van der Waals surface area contributed by atoms with E-state index in [1.165, 1.54) is 10.6 Å². The molecule has 1 unspecified atom stereocenters. The van der Waals surface area contributed by atoms with Crippen LogP contribution in [0.15, 0.2) is 58.1 Å². The monoisotopic (exact) mass is 389 g/mol. The minimum absolute atomic E-state index is 0.180. The minimum Gasteiger partial charge on any atom is -0.497 e. The predicted octanol–water partition coefficient (Wildman–Crippen LogP) is 3.46. The lowest BCUT2D eigenvalue weighted by atomic mass is 10.0. The van der Waals surface area contributed by atoms with Crippen LogP contribution in [0.25, 0.3) is 0 Å². The topological polar surface area (TPSA) is 90.8 Å². The van der Waals surface area contributed by atoms with E-state index < -0.39 is 10.8 Å². The molecule has 2 rings (SSSR count). The van der Waals surface area contributed by atoms with Crippen molar-refractivity contribution in [1.82, 2.24) is 0 Å². The number of nitrogens with zero attached hydrogens (tertiary/aromatic N) is 1. The molecular weight excluding hydrogens is 362 g/mol. The molecule has 0 saturated heterocycles. The highest BCUT2D eigenvalue weighted by Gasteiger charge is 2.18. The third-order valence-electron chi connectivity index (χ3n) is 4.32. The molecule has 0 aliphatic rings. The molecule has 6 nitrogen and oxygen atoms in total. The third-order valence-corrected chi connectivity index (χ3v) is 5.72. The van der Waals surface area contributed by atoms with Crippen molar-refractivity contribution in [3.05, 3.63) is 58.8 Å². The van der Waals surface area contributed by atoms with Crippen molar-refractivity contribution in [2.45, 2.75) is 31.6 Å². The maximum absolute atomic E-state index is 12.9. The molecule has 27 heavy (non-hydrogen) atoms. The molecule has 1 atom stereocenters. The molecule has 0 radical (unpaired) electrons. The van der Waals surface area contributed by atoms with Crippen molar-refractivity contribution in [1.29, 1.82) is 0 Å². The number of hydrogen-bond donors (Lipinski definition) is 2. The van der Waals surface area contributed by atoms with E-state index in [-0.39, 0.29) is 5.03 Å². The van der Waals surface area contributed by atoms with Crippen LogP contribution in [0.5, 0.6) is 11.5 Å². The molecule has 0 spiro atoms. The van der Waals surface area contributed by atoms with Gasteiger partial charge in [0.15, 0.2) is 0 Å². The smallest absolute Gasteiger partial charge is 0.144 e. The van der Waals surface area contributed by atoms with E-state index in [1.54, 1.807) is 39.3 Å². The van der Waals surface area contributed by atoms with E-state index in [0.29, 0.717) is 33.7 Å². The van der Waals surface area contributed by atoms with Crippen LogP contribution in [0.4, 0.5) is 5.69 Å². The van der Waals surface area contributed by atoms with E-state index in [4.69, 9.17) is 21.1 Å². The van der Waals surface area contributed by atoms with Gasteiger partial charge in [-0.25, -0.2) is 10.1 Å². The average Bonchev–Trinajstić information content (AvgIpc) is 2.70. The second-order valence-electron chi connectivity index (χ2n) is 6.35. The molecule has 0 saturated carbocycles. The maximum Gasteiger partial charge on any atom is 0.144 e. The highest BCUT2D eigenvalue weighted by Crippen LogP contribution is 2.33. The van der Waals surface area contributed by atoms with Crippen LogP contribution in [0, 0.1) is 0 Å². The molecule has 4 N–H and O–H groups in total. The van der Waals surface area contributed by atoms with Crippen LogP contribution in [0.2, 0.25) is 0 Å². The summed E-state index contributed by atoms with van der Waals surface area (Å²) in [6.07, 6.45) is 0. The Hall–Kier alpha value is -2.51. The van der Waals surface area contributed by atoms with E-state index >= 15 is 0 Å². The zero-order valence-electron chi connectivity index (χ0n) is 16.4. The number of methoxy groups -OCH3 is 2. The number of anilines is 1. The van der Waals surface area contributed by atoms with Gasteiger partial charge >= 0.3 is 0 Å². The Morgan fingerprint density at radius 1 is 1.07 bits per heavy atom. The zero-order valence-corrected chi connectivity index (χ0v) is 17.2. The van der Waals surface area contributed by atoms with E-state index in [9.17, 15) is 4.21 Å². The Kier molecular flexibility index (Phi) is 6.87. The van der Waals surface area contributed by atoms with Crippen LogP contribution >= 0.6 is 0 Å². The van der Waals surface area contributed by atoms with Crippen LogP contribution in [0.3, 0.4) is 0 Å². The molecule has 0 bridgehead atoms. The molecule has 0 heterocycles. The van der Waals surface area contributed by atoms with Gasteiger partial charge < -0.3 is 15.2 Å². The molecular formula is C20H27N3O3S. The fraction of sp³-hybridized carbons (Fsp3) is 0.300. The first-order chi connectivity index (χ1) is 12.8. The number of hydrogen-bond acceptors (Lipinski definition) is 6. The number of rotatable bonds is 7. The molecule has 0 aliphatic heterocycles. The number of allylic oxidation sites excluding steroid dienone is 1. The lowest BCUT2D eigenvalue weighted by Gasteiger charge is -2.23. The summed E-state index contributed by atoms with van der Waals surface area (Å²) in [5.41, 5.74) is 8.38. The highest BCUT2D eigenvalue weighted by molar-refractivity contribution is 7.89. The molecule has 2 aromatic rings. The fourth-order valence-corrected chi connectivity index (χ4v) is 3.53. The number of hydrazine groups is 1. The van der Waals surface area contributed by atoms with Crippen molar-refractivity contribution in [2.24, 2.45) is 11.6 Å². The Morgan fingerprint density at radius 2 is 1.70 bits per heavy atom. The maximum atomic E-state index is 12.9. The van der Waals surface area contributed by atoms with Gasteiger partial charge in [0.05, 0.1) is 19.9 Å². The van der Waals surface area contributed by atoms with Crippen LogP contribution in [-0.4, -0.2) is 18.4 Å². The van der Waals surface area contributed by atoms with Gasteiger partial charge in [0, 0.05) is 11.0 Å². The first-order valence-electron chi connectivity index (χ1n) is 8.55. The molecule has 0 aromatic heterocycles. The quantitative estimate of drug-likeness (QED) is 0.557. The third kappa shape index (κ3) is 4.61. The van der Waals surface area contributed by atoms with Crippen molar-refractivity contribution >= 4 is 16.5 Å². The molecule has 0 fully saturated rings. The SMILES string of the molecule is COc1ccc(OC)c(N(N)/C(C)=C(\N)S(=O)c2ccc(C(C)C)cc2)c1.